The van der Waals surface area contributed by atoms with E-state index in [1.165, 1.54) is 0 Å². The average Bonchev–Trinajstić information content (AvgIpc) is 2.12. The highest BCUT2D eigenvalue weighted by Crippen LogP contribution is 2.02. The molecule has 0 bridgehead atoms. The molecule has 0 aromatic heterocycles. The molecular weight excluding hydrogens is 168 g/mol. The summed E-state index contributed by atoms with van der Waals surface area (Å²) in [7, 11) is 0. The maximum atomic E-state index is 9.90. The number of hydrogen-bond acceptors (Lipinski definition) is 6. The van der Waals surface area contributed by atoms with Gasteiger partial charge in [-0.25, -0.2) is 0 Å². The molecule has 0 radical (unpaired) electrons. The zero-order chi connectivity index (χ0) is 9.72. The van der Waals surface area contributed by atoms with Gasteiger partial charge < -0.3 is 30.3 Å². The van der Waals surface area contributed by atoms with Crippen LogP contribution in [-0.4, -0.2) is 62.8 Å². The lowest BCUT2D eigenvalue weighted by atomic mass is 10.0. The van der Waals surface area contributed by atoms with Crippen molar-refractivity contribution in [1.82, 2.24) is 0 Å². The lowest BCUT2D eigenvalue weighted by molar-refractivity contribution is -0.136. The Bertz CT molecular complexity index is 138. The van der Waals surface area contributed by atoms with Gasteiger partial charge in [0.05, 0.1) is 6.61 Å². The third-order valence-electron chi connectivity index (χ3n) is 1.42. The minimum absolute atomic E-state index is 0.0258. The zero-order valence-electron chi connectivity index (χ0n) is 6.24. The van der Waals surface area contributed by atoms with Gasteiger partial charge in [-0.3, -0.25) is 0 Å². The fourth-order valence-corrected chi connectivity index (χ4v) is 0.618. The van der Waals surface area contributed by atoms with Gasteiger partial charge in [-0.05, 0) is 0 Å². The molecular formula is C6H12O6. The quantitative estimate of drug-likeness (QED) is 0.282. The minimum Gasteiger partial charge on any atom is -0.394 e. The fraction of sp³-hybridized carbons (Fsp3) is 0.833. The molecule has 6 heteroatoms. The Morgan fingerprint density at radius 2 is 1.58 bits per heavy atom. The number of rotatable bonds is 5. The highest BCUT2D eigenvalue weighted by molar-refractivity contribution is 5.56. The van der Waals surface area contributed by atoms with Gasteiger partial charge in [-0.1, -0.05) is 0 Å². The van der Waals surface area contributed by atoms with Gasteiger partial charge >= 0.3 is 0 Å². The van der Waals surface area contributed by atoms with Gasteiger partial charge in [0.25, 0.3) is 0 Å². The van der Waals surface area contributed by atoms with Crippen molar-refractivity contribution in [2.75, 3.05) is 6.61 Å². The van der Waals surface area contributed by atoms with E-state index in [0.717, 1.165) is 0 Å². The van der Waals surface area contributed by atoms with E-state index in [9.17, 15) is 4.79 Å². The van der Waals surface area contributed by atoms with Crippen molar-refractivity contribution in [1.29, 1.82) is 0 Å². The normalized spacial score (nSPS) is 21.1. The summed E-state index contributed by atoms with van der Waals surface area (Å²) in [4.78, 5) is 9.90. The molecule has 0 spiro atoms. The van der Waals surface area contributed by atoms with Crippen molar-refractivity contribution in [2.24, 2.45) is 0 Å². The molecule has 0 aliphatic heterocycles. The van der Waals surface area contributed by atoms with Crippen LogP contribution in [0.15, 0.2) is 0 Å². The largest absolute Gasteiger partial charge is 0.394 e. The Morgan fingerprint density at radius 1 is 1.08 bits per heavy atom. The average molecular weight is 180 g/mol. The first-order valence-electron chi connectivity index (χ1n) is 3.33. The van der Waals surface area contributed by atoms with Crippen LogP contribution in [0.25, 0.3) is 0 Å². The number of hydrogen-bond donors (Lipinski definition) is 5. The molecule has 0 saturated carbocycles. The van der Waals surface area contributed by atoms with Crippen LogP contribution in [-0.2, 0) is 4.79 Å². The highest BCUT2D eigenvalue weighted by Gasteiger charge is 2.29. The molecule has 0 saturated heterocycles. The van der Waals surface area contributed by atoms with E-state index in [2.05, 4.69) is 0 Å². The number of aliphatic hydroxyl groups is 5. The molecule has 0 heterocycles. The summed E-state index contributed by atoms with van der Waals surface area (Å²) < 4.78 is 0. The third-order valence-corrected chi connectivity index (χ3v) is 1.42. The van der Waals surface area contributed by atoms with Crippen molar-refractivity contribution in [3.05, 3.63) is 0 Å². The lowest BCUT2D eigenvalue weighted by Gasteiger charge is -2.22. The van der Waals surface area contributed by atoms with Crippen molar-refractivity contribution in [2.45, 2.75) is 24.4 Å². The van der Waals surface area contributed by atoms with Crippen LogP contribution in [0.5, 0.6) is 0 Å². The number of carbonyl (C=O) groups excluding carboxylic acids is 1. The molecule has 6 nitrogen and oxygen atoms in total. The minimum atomic E-state index is -1.79. The zero-order valence-corrected chi connectivity index (χ0v) is 6.24. The van der Waals surface area contributed by atoms with Crippen LogP contribution in [0.2, 0.25) is 0 Å². The van der Waals surface area contributed by atoms with Gasteiger partial charge in [0.1, 0.15) is 24.4 Å². The molecule has 0 unspecified atom stereocenters. The summed E-state index contributed by atoms with van der Waals surface area (Å²) in [5.41, 5.74) is 0. The molecule has 0 rings (SSSR count). The summed E-state index contributed by atoms with van der Waals surface area (Å²) in [6.45, 7) is -0.760. The van der Waals surface area contributed by atoms with Crippen LogP contribution in [0.4, 0.5) is 0 Å². The van der Waals surface area contributed by atoms with E-state index in [1.54, 1.807) is 0 Å². The molecule has 0 aliphatic rings. The second kappa shape index (κ2) is 5.18. The smallest absolute Gasteiger partial charge is 0.151 e. The van der Waals surface area contributed by atoms with Crippen molar-refractivity contribution in [3.63, 3.8) is 0 Å². The predicted octanol–water partition coefficient (Wildman–Crippen LogP) is -3.38. The highest BCUT2D eigenvalue weighted by atomic mass is 16.4. The first-order chi connectivity index (χ1) is 5.54. The van der Waals surface area contributed by atoms with Crippen molar-refractivity contribution >= 4 is 6.29 Å². The molecule has 0 amide bonds. The molecule has 72 valence electrons. The van der Waals surface area contributed by atoms with Gasteiger partial charge in [0, 0.05) is 0 Å². The SMILES string of the molecule is O=C[C@H](O)[C@H](O)[C@@H](O)[C@@H](O)CO. The maximum absolute atomic E-state index is 9.90. The maximum Gasteiger partial charge on any atom is 0.151 e. The van der Waals surface area contributed by atoms with Crippen LogP contribution in [0.3, 0.4) is 0 Å². The Kier molecular flexibility index (Phi) is 4.95. The first kappa shape index (κ1) is 11.5. The van der Waals surface area contributed by atoms with Crippen molar-refractivity contribution in [3.8, 4) is 0 Å². The molecule has 0 fully saturated rings. The number of aliphatic hydroxyl groups excluding tert-OH is 5. The first-order valence-corrected chi connectivity index (χ1v) is 3.33. The van der Waals surface area contributed by atoms with Crippen LogP contribution >= 0.6 is 0 Å². The Morgan fingerprint density at radius 3 is 1.92 bits per heavy atom. The summed E-state index contributed by atoms with van der Waals surface area (Å²) in [6, 6.07) is 0. The van der Waals surface area contributed by atoms with E-state index in [-0.39, 0.29) is 6.29 Å². The Balaban J connectivity index is 4.07. The van der Waals surface area contributed by atoms with Crippen LogP contribution in [0.1, 0.15) is 0 Å². The topological polar surface area (TPSA) is 118 Å². The number of aldehydes is 1. The van der Waals surface area contributed by atoms with Crippen LogP contribution in [0, 0.1) is 0 Å². The summed E-state index contributed by atoms with van der Waals surface area (Å²) >= 11 is 0. The van der Waals surface area contributed by atoms with E-state index >= 15 is 0 Å². The van der Waals surface area contributed by atoms with Gasteiger partial charge in [-0.2, -0.15) is 0 Å². The molecule has 5 N–H and O–H groups in total. The Labute approximate surface area is 68.7 Å². The summed E-state index contributed by atoms with van der Waals surface area (Å²) in [6.07, 6.45) is -6.84. The van der Waals surface area contributed by atoms with E-state index in [4.69, 9.17) is 25.5 Å². The lowest BCUT2D eigenvalue weighted by Crippen LogP contribution is -2.46. The third kappa shape index (κ3) is 2.84. The fourth-order valence-electron chi connectivity index (χ4n) is 0.618. The van der Waals surface area contributed by atoms with E-state index in [1.807, 2.05) is 0 Å². The molecule has 0 aromatic rings. The summed E-state index contributed by atoms with van der Waals surface area (Å²) in [5, 5.41) is 43.5. The monoisotopic (exact) mass is 180 g/mol. The van der Waals surface area contributed by atoms with Gasteiger partial charge in [-0.15, -0.1) is 0 Å². The van der Waals surface area contributed by atoms with Crippen LogP contribution < -0.4 is 0 Å². The molecule has 12 heavy (non-hydrogen) atoms. The van der Waals surface area contributed by atoms with Gasteiger partial charge in [0.2, 0.25) is 0 Å². The van der Waals surface area contributed by atoms with E-state index < -0.39 is 31.0 Å². The molecule has 0 aromatic carbocycles. The predicted molar refractivity (Wildman–Crippen MR) is 37.2 cm³/mol. The second-order valence-corrected chi connectivity index (χ2v) is 2.36. The molecule has 4 atom stereocenters. The van der Waals surface area contributed by atoms with Crippen molar-refractivity contribution < 1.29 is 30.3 Å². The summed E-state index contributed by atoms with van der Waals surface area (Å²) in [5.74, 6) is 0. The standard InChI is InChI=1S/C6H12O6/c7-1-3(9)5(11)6(12)4(10)2-8/h1,3-6,8-12H,2H2/t3-,4-,5-,6-/m0/s1. The van der Waals surface area contributed by atoms with Gasteiger partial charge in [0.15, 0.2) is 6.29 Å². The second-order valence-electron chi connectivity index (χ2n) is 2.36. The number of carbonyl (C=O) groups is 1. The Hall–Kier alpha value is -0.530. The molecule has 0 aliphatic carbocycles. The van der Waals surface area contributed by atoms with E-state index in [0.29, 0.717) is 0 Å².